The molecule has 0 aliphatic carbocycles. The first kappa shape index (κ1) is 21.7. The third kappa shape index (κ3) is 5.81. The summed E-state index contributed by atoms with van der Waals surface area (Å²) in [7, 11) is 0. The monoisotopic (exact) mass is 425 g/mol. The van der Waals surface area contributed by atoms with E-state index in [0.29, 0.717) is 31.2 Å². The first-order chi connectivity index (χ1) is 15.1. The number of benzene rings is 1. The van der Waals surface area contributed by atoms with Crippen LogP contribution in [0.3, 0.4) is 0 Å². The van der Waals surface area contributed by atoms with Crippen LogP contribution in [0.2, 0.25) is 0 Å². The molecule has 0 radical (unpaired) electrons. The molecule has 1 atom stereocenters. The quantitative estimate of drug-likeness (QED) is 0.707. The maximum absolute atomic E-state index is 12.7. The van der Waals surface area contributed by atoms with Crippen molar-refractivity contribution in [3.8, 4) is 5.88 Å². The molecule has 1 aromatic carbocycles. The maximum Gasteiger partial charge on any atom is 0.251 e. The van der Waals surface area contributed by atoms with Crippen molar-refractivity contribution in [3.05, 3.63) is 58.8 Å². The molecule has 7 heteroatoms. The molecule has 1 aromatic heterocycles. The molecule has 1 saturated heterocycles. The summed E-state index contributed by atoms with van der Waals surface area (Å²) >= 11 is 0. The minimum absolute atomic E-state index is 0.0661. The second kappa shape index (κ2) is 10.2. The van der Waals surface area contributed by atoms with E-state index in [9.17, 15) is 9.90 Å². The highest BCUT2D eigenvalue weighted by molar-refractivity contribution is 5.95. The molecule has 2 N–H and O–H groups in total. The van der Waals surface area contributed by atoms with Gasteiger partial charge in [-0.05, 0) is 30.0 Å². The molecular weight excluding hydrogens is 394 g/mol. The lowest BCUT2D eigenvalue weighted by Gasteiger charge is -2.30. The third-order valence-corrected chi connectivity index (χ3v) is 5.96. The number of hydrogen-bond donors (Lipinski definition) is 2. The van der Waals surface area contributed by atoms with Gasteiger partial charge in [-0.1, -0.05) is 24.3 Å². The fraction of sp³-hybridized carbons (Fsp3) is 0.500. The van der Waals surface area contributed by atoms with E-state index in [2.05, 4.69) is 39.5 Å². The second-order valence-electron chi connectivity index (χ2n) is 8.38. The van der Waals surface area contributed by atoms with Crippen molar-refractivity contribution in [2.75, 3.05) is 32.8 Å². The van der Waals surface area contributed by atoms with Crippen molar-refractivity contribution >= 4 is 5.91 Å². The van der Waals surface area contributed by atoms with Crippen molar-refractivity contribution in [3.63, 3.8) is 0 Å². The van der Waals surface area contributed by atoms with E-state index in [4.69, 9.17) is 9.47 Å². The van der Waals surface area contributed by atoms with Crippen LogP contribution in [-0.2, 0) is 17.7 Å². The predicted molar refractivity (Wildman–Crippen MR) is 117 cm³/mol. The lowest BCUT2D eigenvalue weighted by Crippen LogP contribution is -2.42. The van der Waals surface area contributed by atoms with Crippen molar-refractivity contribution in [2.45, 2.75) is 44.9 Å². The number of β-amino-alcohol motifs (C(OH)–C–C–N with tert-alkyl or cyclic N) is 1. The Labute approximate surface area is 183 Å². The highest BCUT2D eigenvalue weighted by Gasteiger charge is 2.20. The maximum atomic E-state index is 12.7. The van der Waals surface area contributed by atoms with Gasteiger partial charge in [0.05, 0.1) is 19.3 Å². The number of pyridine rings is 1. The summed E-state index contributed by atoms with van der Waals surface area (Å²) in [6, 6.07) is 10.1. The van der Waals surface area contributed by atoms with Gasteiger partial charge in [0, 0.05) is 56.8 Å². The number of fused-ring (bicyclic) bond motifs is 1. The third-order valence-electron chi connectivity index (χ3n) is 5.96. The molecule has 31 heavy (non-hydrogen) atoms. The van der Waals surface area contributed by atoms with Crippen molar-refractivity contribution in [1.29, 1.82) is 0 Å². The van der Waals surface area contributed by atoms with Gasteiger partial charge in [-0.2, -0.15) is 0 Å². The van der Waals surface area contributed by atoms with E-state index >= 15 is 0 Å². The summed E-state index contributed by atoms with van der Waals surface area (Å²) in [6.07, 6.45) is 3.73. The van der Waals surface area contributed by atoms with Crippen molar-refractivity contribution in [2.24, 2.45) is 0 Å². The Hall–Kier alpha value is -2.48. The highest BCUT2D eigenvalue weighted by Crippen LogP contribution is 2.20. The van der Waals surface area contributed by atoms with Crippen LogP contribution in [0.5, 0.6) is 5.88 Å². The Balaban J connectivity index is 1.28. The molecule has 3 heterocycles. The predicted octanol–water partition coefficient (Wildman–Crippen LogP) is 2.10. The van der Waals surface area contributed by atoms with Crippen LogP contribution in [0.4, 0.5) is 0 Å². The normalized spacial score (nSPS) is 18.3. The van der Waals surface area contributed by atoms with Gasteiger partial charge in [0.15, 0.2) is 0 Å². The number of aromatic nitrogens is 1. The zero-order valence-corrected chi connectivity index (χ0v) is 18.0. The van der Waals surface area contributed by atoms with Crippen molar-refractivity contribution in [1.82, 2.24) is 15.2 Å². The second-order valence-corrected chi connectivity index (χ2v) is 8.38. The SMILES string of the molecule is Cc1cnc(OC2CCOCC2)cc1C(=O)NCC(O)CN1CCc2ccccc2C1. The van der Waals surface area contributed by atoms with Gasteiger partial charge in [0.1, 0.15) is 6.10 Å². The Morgan fingerprint density at radius 3 is 2.90 bits per heavy atom. The van der Waals surface area contributed by atoms with E-state index in [1.165, 1.54) is 11.1 Å². The van der Waals surface area contributed by atoms with E-state index < -0.39 is 6.10 Å². The van der Waals surface area contributed by atoms with Gasteiger partial charge < -0.3 is 19.9 Å². The van der Waals surface area contributed by atoms with E-state index in [1.54, 1.807) is 12.3 Å². The summed E-state index contributed by atoms with van der Waals surface area (Å²) in [5.41, 5.74) is 4.00. The smallest absolute Gasteiger partial charge is 0.251 e. The van der Waals surface area contributed by atoms with Gasteiger partial charge in [0.2, 0.25) is 5.88 Å². The number of aryl methyl sites for hydroxylation is 1. The van der Waals surface area contributed by atoms with Crippen molar-refractivity contribution < 1.29 is 19.4 Å². The molecule has 0 bridgehead atoms. The average Bonchev–Trinajstić information content (AvgIpc) is 2.79. The molecular formula is C24H31N3O4. The van der Waals surface area contributed by atoms with Gasteiger partial charge in [-0.25, -0.2) is 4.98 Å². The highest BCUT2D eigenvalue weighted by atomic mass is 16.5. The zero-order valence-electron chi connectivity index (χ0n) is 18.0. The topological polar surface area (TPSA) is 83.9 Å². The Kier molecular flexibility index (Phi) is 7.17. The lowest BCUT2D eigenvalue weighted by molar-refractivity contribution is 0.0236. The van der Waals surface area contributed by atoms with Gasteiger partial charge in [-0.15, -0.1) is 0 Å². The molecule has 2 aliphatic heterocycles. The number of aliphatic hydroxyl groups excluding tert-OH is 1. The molecule has 0 spiro atoms. The number of ether oxygens (including phenoxy) is 2. The zero-order chi connectivity index (χ0) is 21.6. The number of hydrogen-bond acceptors (Lipinski definition) is 6. The Bertz CT molecular complexity index is 898. The first-order valence-corrected chi connectivity index (χ1v) is 11.0. The summed E-state index contributed by atoms with van der Waals surface area (Å²) in [6.45, 7) is 5.70. The molecule has 1 fully saturated rings. The number of aliphatic hydroxyl groups is 1. The number of carbonyl (C=O) groups is 1. The van der Waals surface area contributed by atoms with Crippen LogP contribution < -0.4 is 10.1 Å². The van der Waals surface area contributed by atoms with Crippen LogP contribution in [0.15, 0.2) is 36.5 Å². The molecule has 166 valence electrons. The van der Waals surface area contributed by atoms with Crippen LogP contribution in [-0.4, -0.2) is 66.0 Å². The first-order valence-electron chi connectivity index (χ1n) is 11.0. The van der Waals surface area contributed by atoms with Crippen LogP contribution in [0.25, 0.3) is 0 Å². The van der Waals surface area contributed by atoms with Crippen LogP contribution in [0.1, 0.15) is 39.9 Å². The summed E-state index contributed by atoms with van der Waals surface area (Å²) < 4.78 is 11.3. The molecule has 1 amide bonds. The summed E-state index contributed by atoms with van der Waals surface area (Å²) in [4.78, 5) is 19.3. The number of nitrogens with one attached hydrogen (secondary N) is 1. The van der Waals surface area contributed by atoms with Crippen LogP contribution >= 0.6 is 0 Å². The minimum Gasteiger partial charge on any atom is -0.474 e. The summed E-state index contributed by atoms with van der Waals surface area (Å²) in [5, 5.41) is 13.3. The van der Waals surface area contributed by atoms with E-state index in [-0.39, 0.29) is 18.6 Å². The number of rotatable bonds is 7. The fourth-order valence-corrected chi connectivity index (χ4v) is 4.16. The van der Waals surface area contributed by atoms with Gasteiger partial charge >= 0.3 is 0 Å². The molecule has 4 rings (SSSR count). The van der Waals surface area contributed by atoms with Gasteiger partial charge in [0.25, 0.3) is 5.91 Å². The molecule has 2 aromatic rings. The number of nitrogens with zero attached hydrogens (tertiary/aromatic N) is 2. The minimum atomic E-state index is -0.630. The average molecular weight is 426 g/mol. The fourth-order valence-electron chi connectivity index (χ4n) is 4.16. The number of amides is 1. The van der Waals surface area contributed by atoms with E-state index in [0.717, 1.165) is 37.9 Å². The largest absolute Gasteiger partial charge is 0.474 e. The van der Waals surface area contributed by atoms with Gasteiger partial charge in [-0.3, -0.25) is 9.69 Å². The van der Waals surface area contributed by atoms with E-state index in [1.807, 2.05) is 6.92 Å². The Morgan fingerprint density at radius 1 is 1.32 bits per heavy atom. The number of carbonyl (C=O) groups excluding carboxylic acids is 1. The summed E-state index contributed by atoms with van der Waals surface area (Å²) in [5.74, 6) is 0.231. The molecule has 2 aliphatic rings. The molecule has 7 nitrogen and oxygen atoms in total. The standard InChI is InChI=1S/C24H31N3O4/c1-17-13-25-23(31-21-7-10-30-11-8-21)12-22(17)24(29)26-14-20(28)16-27-9-6-18-4-2-3-5-19(18)15-27/h2-5,12-13,20-21,28H,6-11,14-16H2,1H3,(H,26,29). The molecule has 1 unspecified atom stereocenters. The lowest BCUT2D eigenvalue weighted by atomic mass is 10.00. The Morgan fingerprint density at radius 2 is 2.10 bits per heavy atom. The van der Waals surface area contributed by atoms with Crippen LogP contribution in [0, 0.1) is 6.92 Å². The molecule has 0 saturated carbocycles.